The number of nitrogens with one attached hydrogen (secondary N) is 1. The third kappa shape index (κ3) is 3.81. The van der Waals surface area contributed by atoms with E-state index in [2.05, 4.69) is 5.32 Å². The van der Waals surface area contributed by atoms with Crippen molar-refractivity contribution in [2.75, 3.05) is 11.5 Å². The number of hydrogen-bond donors (Lipinski definition) is 1. The number of nitrogens with zero attached hydrogens (tertiary/aromatic N) is 1. The number of ether oxygens (including phenoxy) is 1. The van der Waals surface area contributed by atoms with Gasteiger partial charge in [0.05, 0.1) is 29.1 Å². The molecule has 5 rings (SSSR count). The Balaban J connectivity index is 1.22. The first-order valence-corrected chi connectivity index (χ1v) is 11.4. The number of carbonyl (C=O) groups is 4. The molecular weight excluding hydrogens is 420 g/mol. The van der Waals surface area contributed by atoms with E-state index in [1.165, 1.54) is 11.0 Å². The van der Waals surface area contributed by atoms with Crippen molar-refractivity contribution >= 4 is 29.4 Å². The summed E-state index contributed by atoms with van der Waals surface area (Å²) in [5.41, 5.74) is 1.52. The summed E-state index contributed by atoms with van der Waals surface area (Å²) in [6.07, 6.45) is 2.99. The third-order valence-electron chi connectivity index (χ3n) is 7.28. The van der Waals surface area contributed by atoms with Crippen molar-refractivity contribution in [1.82, 2.24) is 5.32 Å². The van der Waals surface area contributed by atoms with Crippen molar-refractivity contribution in [2.45, 2.75) is 32.2 Å². The molecule has 7 heteroatoms. The Morgan fingerprint density at radius 2 is 1.67 bits per heavy atom. The normalized spacial score (nSPS) is 26.3. The van der Waals surface area contributed by atoms with Crippen LogP contribution in [0.3, 0.4) is 0 Å². The minimum atomic E-state index is -0.682. The van der Waals surface area contributed by atoms with E-state index >= 15 is 0 Å². The van der Waals surface area contributed by atoms with Crippen LogP contribution in [0.5, 0.6) is 0 Å². The average Bonchev–Trinajstić information content (AvgIpc) is 3.51. The molecule has 3 amide bonds. The minimum absolute atomic E-state index is 0.156. The number of benzene rings is 2. The number of hydrogen-bond acceptors (Lipinski definition) is 5. The zero-order valence-corrected chi connectivity index (χ0v) is 18.4. The molecule has 2 aliphatic carbocycles. The van der Waals surface area contributed by atoms with Gasteiger partial charge in [0, 0.05) is 0 Å². The Bertz CT molecular complexity index is 1090. The number of rotatable bonds is 6. The quantitative estimate of drug-likeness (QED) is 0.543. The number of anilines is 1. The highest BCUT2D eigenvalue weighted by Crippen LogP contribution is 2.56. The Kier molecular flexibility index (Phi) is 5.48. The summed E-state index contributed by atoms with van der Waals surface area (Å²) < 4.78 is 5.18. The van der Waals surface area contributed by atoms with E-state index in [0.717, 1.165) is 24.8 Å². The van der Waals surface area contributed by atoms with E-state index in [1.54, 1.807) is 18.2 Å². The monoisotopic (exact) mass is 446 g/mol. The Hall–Kier alpha value is -3.48. The second kappa shape index (κ2) is 8.46. The molecule has 0 radical (unpaired) electrons. The van der Waals surface area contributed by atoms with Crippen molar-refractivity contribution < 1.29 is 23.9 Å². The molecule has 2 aromatic rings. The number of amides is 3. The summed E-state index contributed by atoms with van der Waals surface area (Å²) in [7, 11) is 0. The average molecular weight is 447 g/mol. The SMILES string of the molecule is C[C@H](NC(=O)COC(=O)c1cccc(N2C(=O)[C@@H]3[C@H]4CC[C@@H](C4)[C@@H]3C2=O)c1)c1ccccc1. The van der Waals surface area contributed by atoms with Crippen LogP contribution in [0.2, 0.25) is 0 Å². The molecule has 33 heavy (non-hydrogen) atoms. The smallest absolute Gasteiger partial charge is 0.338 e. The highest BCUT2D eigenvalue weighted by Gasteiger charge is 2.61. The summed E-state index contributed by atoms with van der Waals surface area (Å²) in [6.45, 7) is 1.43. The molecule has 2 aromatic carbocycles. The molecule has 0 aromatic heterocycles. The fraction of sp³-hybridized carbons (Fsp3) is 0.385. The van der Waals surface area contributed by atoms with E-state index in [4.69, 9.17) is 4.74 Å². The minimum Gasteiger partial charge on any atom is -0.452 e. The predicted molar refractivity (Wildman–Crippen MR) is 120 cm³/mol. The molecule has 0 unspecified atom stereocenters. The molecule has 5 atom stereocenters. The lowest BCUT2D eigenvalue weighted by Crippen LogP contribution is -2.33. The molecule has 1 aliphatic heterocycles. The standard InChI is InChI=1S/C26H26N2O5/c1-15(16-6-3-2-4-7-16)27-21(29)14-33-26(32)19-8-5-9-20(13-19)28-24(30)22-17-10-11-18(12-17)23(22)25(28)31/h2-9,13,15,17-18,22-23H,10-12,14H2,1H3,(H,27,29)/t15-,17-,18-,22-,23+/m0/s1. The van der Waals surface area contributed by atoms with Crippen molar-refractivity contribution in [1.29, 1.82) is 0 Å². The highest BCUT2D eigenvalue weighted by atomic mass is 16.5. The van der Waals surface area contributed by atoms with Gasteiger partial charge in [-0.25, -0.2) is 4.79 Å². The second-order valence-electron chi connectivity index (χ2n) is 9.22. The predicted octanol–water partition coefficient (Wildman–Crippen LogP) is 3.26. The first-order valence-electron chi connectivity index (χ1n) is 11.4. The van der Waals surface area contributed by atoms with Crippen LogP contribution in [-0.4, -0.2) is 30.3 Å². The van der Waals surface area contributed by atoms with E-state index < -0.39 is 18.5 Å². The molecular formula is C26H26N2O5. The second-order valence-corrected chi connectivity index (χ2v) is 9.22. The van der Waals surface area contributed by atoms with Crippen molar-refractivity contribution in [2.24, 2.45) is 23.7 Å². The lowest BCUT2D eigenvalue weighted by atomic mass is 9.81. The van der Waals surface area contributed by atoms with Crippen LogP contribution < -0.4 is 10.2 Å². The summed E-state index contributed by atoms with van der Waals surface area (Å²) in [5, 5.41) is 2.79. The first-order chi connectivity index (χ1) is 15.9. The van der Waals surface area contributed by atoms with Gasteiger partial charge in [0.25, 0.3) is 5.91 Å². The van der Waals surface area contributed by atoms with Gasteiger partial charge in [-0.3, -0.25) is 19.3 Å². The van der Waals surface area contributed by atoms with E-state index in [1.807, 2.05) is 37.3 Å². The number of fused-ring (bicyclic) bond motifs is 5. The fourth-order valence-corrected chi connectivity index (χ4v) is 5.76. The van der Waals surface area contributed by atoms with Crippen LogP contribution in [0.1, 0.15) is 48.1 Å². The Morgan fingerprint density at radius 3 is 2.33 bits per heavy atom. The summed E-state index contributed by atoms with van der Waals surface area (Å²) in [6, 6.07) is 15.6. The van der Waals surface area contributed by atoms with Crippen LogP contribution in [-0.2, 0) is 19.1 Å². The highest BCUT2D eigenvalue weighted by molar-refractivity contribution is 6.22. The summed E-state index contributed by atoms with van der Waals surface area (Å²) in [5.74, 6) is -1.25. The van der Waals surface area contributed by atoms with Crippen LogP contribution in [0, 0.1) is 23.7 Å². The molecule has 170 valence electrons. The number of imide groups is 1. The Labute approximate surface area is 192 Å². The zero-order chi connectivity index (χ0) is 23.1. The maximum Gasteiger partial charge on any atom is 0.338 e. The zero-order valence-electron chi connectivity index (χ0n) is 18.4. The van der Waals surface area contributed by atoms with Crippen molar-refractivity contribution in [3.63, 3.8) is 0 Å². The molecule has 3 fully saturated rings. The molecule has 1 heterocycles. The van der Waals surface area contributed by atoms with E-state index in [-0.39, 0.29) is 35.3 Å². The third-order valence-corrected chi connectivity index (χ3v) is 7.28. The lowest BCUT2D eigenvalue weighted by molar-refractivity contribution is -0.125. The van der Waals surface area contributed by atoms with Gasteiger partial charge in [0.2, 0.25) is 11.8 Å². The maximum absolute atomic E-state index is 13.0. The lowest BCUT2D eigenvalue weighted by Gasteiger charge is -2.19. The van der Waals surface area contributed by atoms with E-state index in [9.17, 15) is 19.2 Å². The molecule has 0 spiro atoms. The van der Waals surface area contributed by atoms with Crippen molar-refractivity contribution in [3.8, 4) is 0 Å². The van der Waals surface area contributed by atoms with Crippen LogP contribution >= 0.6 is 0 Å². The van der Waals surface area contributed by atoms with Crippen LogP contribution in [0.15, 0.2) is 54.6 Å². The van der Waals surface area contributed by atoms with Gasteiger partial charge in [0.15, 0.2) is 6.61 Å². The molecule has 3 aliphatic rings. The van der Waals surface area contributed by atoms with Crippen molar-refractivity contribution in [3.05, 3.63) is 65.7 Å². The van der Waals surface area contributed by atoms with Gasteiger partial charge in [-0.1, -0.05) is 36.4 Å². The molecule has 1 N–H and O–H groups in total. The van der Waals surface area contributed by atoms with Crippen LogP contribution in [0.4, 0.5) is 5.69 Å². The number of carbonyl (C=O) groups excluding carboxylic acids is 4. The summed E-state index contributed by atoms with van der Waals surface area (Å²) >= 11 is 0. The van der Waals surface area contributed by atoms with Gasteiger partial charge >= 0.3 is 5.97 Å². The number of esters is 1. The van der Waals surface area contributed by atoms with Gasteiger partial charge in [-0.2, -0.15) is 0 Å². The topological polar surface area (TPSA) is 92.8 Å². The van der Waals surface area contributed by atoms with Gasteiger partial charge in [-0.05, 0) is 61.8 Å². The Morgan fingerprint density at radius 1 is 1.00 bits per heavy atom. The van der Waals surface area contributed by atoms with Gasteiger partial charge in [-0.15, -0.1) is 0 Å². The van der Waals surface area contributed by atoms with Crippen LogP contribution in [0.25, 0.3) is 0 Å². The summed E-state index contributed by atoms with van der Waals surface area (Å²) in [4.78, 5) is 52.1. The maximum atomic E-state index is 13.0. The van der Waals surface area contributed by atoms with Gasteiger partial charge < -0.3 is 10.1 Å². The fourth-order valence-electron chi connectivity index (χ4n) is 5.76. The molecule has 2 saturated carbocycles. The molecule has 1 saturated heterocycles. The van der Waals surface area contributed by atoms with Gasteiger partial charge in [0.1, 0.15) is 0 Å². The van der Waals surface area contributed by atoms with E-state index in [0.29, 0.717) is 17.5 Å². The first kappa shape index (κ1) is 21.4. The largest absolute Gasteiger partial charge is 0.452 e. The molecule has 7 nitrogen and oxygen atoms in total. The molecule has 2 bridgehead atoms.